The van der Waals surface area contributed by atoms with Crippen molar-refractivity contribution in [3.63, 3.8) is 0 Å². The fourth-order valence-corrected chi connectivity index (χ4v) is 2.77. The number of rotatable bonds is 8. The molecular formula is C22H30N2O. The maximum atomic E-state index is 12.7. The van der Waals surface area contributed by atoms with Crippen molar-refractivity contribution in [3.8, 4) is 0 Å². The lowest BCUT2D eigenvalue weighted by molar-refractivity contribution is -0.119. The van der Waals surface area contributed by atoms with Crippen LogP contribution in [-0.4, -0.2) is 11.4 Å². The average Bonchev–Trinajstić information content (AvgIpc) is 2.61. The number of nitrogens with one attached hydrogen (secondary N) is 2. The second-order valence-electron chi connectivity index (χ2n) is 7.02. The molecule has 0 saturated heterocycles. The third-order valence-corrected chi connectivity index (χ3v) is 4.44. The van der Waals surface area contributed by atoms with Crippen LogP contribution in [0.4, 0.5) is 11.4 Å². The Balaban J connectivity index is 2.03. The molecule has 134 valence electrons. The quantitative estimate of drug-likeness (QED) is 0.674. The summed E-state index contributed by atoms with van der Waals surface area (Å²) in [6, 6.07) is 16.3. The summed E-state index contributed by atoms with van der Waals surface area (Å²) in [6.07, 6.45) is 4.41. The van der Waals surface area contributed by atoms with E-state index in [4.69, 9.17) is 0 Å². The molecule has 0 bridgehead atoms. The van der Waals surface area contributed by atoms with E-state index in [9.17, 15) is 4.79 Å². The first kappa shape index (κ1) is 19.0. The summed E-state index contributed by atoms with van der Waals surface area (Å²) in [7, 11) is 0. The van der Waals surface area contributed by atoms with Crippen molar-refractivity contribution in [3.05, 3.63) is 59.7 Å². The number of carbonyl (C=O) groups excluding carboxylic acids is 1. The van der Waals surface area contributed by atoms with E-state index in [1.807, 2.05) is 44.2 Å². The van der Waals surface area contributed by atoms with Crippen molar-refractivity contribution in [1.29, 1.82) is 0 Å². The molecule has 0 aliphatic rings. The van der Waals surface area contributed by atoms with Crippen LogP contribution >= 0.6 is 0 Å². The molecule has 0 saturated carbocycles. The van der Waals surface area contributed by atoms with Gasteiger partial charge in [0, 0.05) is 11.4 Å². The molecule has 0 heterocycles. The largest absolute Gasteiger partial charge is 0.371 e. The molecule has 2 rings (SSSR count). The Morgan fingerprint density at radius 1 is 1.00 bits per heavy atom. The van der Waals surface area contributed by atoms with Crippen molar-refractivity contribution in [1.82, 2.24) is 0 Å². The number of unbranched alkanes of at least 4 members (excludes halogenated alkanes) is 1. The predicted octanol–water partition coefficient (Wildman–Crippen LogP) is 5.42. The van der Waals surface area contributed by atoms with Gasteiger partial charge in [0.05, 0.1) is 0 Å². The highest BCUT2D eigenvalue weighted by molar-refractivity contribution is 5.99. The number of carbonyl (C=O) groups is 1. The van der Waals surface area contributed by atoms with Gasteiger partial charge in [-0.3, -0.25) is 4.79 Å². The summed E-state index contributed by atoms with van der Waals surface area (Å²) >= 11 is 0. The van der Waals surface area contributed by atoms with Crippen molar-refractivity contribution < 1.29 is 4.79 Å². The Labute approximate surface area is 151 Å². The van der Waals surface area contributed by atoms with Crippen molar-refractivity contribution in [2.45, 2.75) is 58.9 Å². The van der Waals surface area contributed by atoms with Crippen molar-refractivity contribution in [2.75, 3.05) is 10.6 Å². The Morgan fingerprint density at radius 3 is 2.32 bits per heavy atom. The van der Waals surface area contributed by atoms with Crippen LogP contribution in [0.1, 0.15) is 51.7 Å². The zero-order valence-electron chi connectivity index (χ0n) is 15.9. The molecule has 2 N–H and O–H groups in total. The summed E-state index contributed by atoms with van der Waals surface area (Å²) in [4.78, 5) is 12.7. The monoisotopic (exact) mass is 338 g/mol. The zero-order chi connectivity index (χ0) is 18.3. The molecule has 0 aliphatic carbocycles. The maximum Gasteiger partial charge on any atom is 0.249 e. The lowest BCUT2D eigenvalue weighted by Crippen LogP contribution is -2.44. The fourth-order valence-electron chi connectivity index (χ4n) is 2.77. The van der Waals surface area contributed by atoms with Gasteiger partial charge in [-0.05, 0) is 62.4 Å². The standard InChI is InChI=1S/C22H30N2O/c1-5-7-10-17-13-15-19(16-14-17)23-21(25)22(3,4)24-20-12-9-8-11-18(20)6-2/h8-9,11-16,24H,5-7,10H2,1-4H3,(H,23,25). The Morgan fingerprint density at radius 2 is 1.68 bits per heavy atom. The number of amides is 1. The fraction of sp³-hybridized carbons (Fsp3) is 0.409. The van der Waals surface area contributed by atoms with Gasteiger partial charge in [-0.15, -0.1) is 0 Å². The summed E-state index contributed by atoms with van der Waals surface area (Å²) in [5, 5.41) is 6.41. The highest BCUT2D eigenvalue weighted by atomic mass is 16.2. The van der Waals surface area contributed by atoms with Crippen LogP contribution in [0.2, 0.25) is 0 Å². The summed E-state index contributed by atoms with van der Waals surface area (Å²) < 4.78 is 0. The molecule has 2 aromatic carbocycles. The van der Waals surface area contributed by atoms with E-state index in [0.717, 1.165) is 24.2 Å². The third-order valence-electron chi connectivity index (χ3n) is 4.44. The van der Waals surface area contributed by atoms with Crippen LogP contribution in [0.5, 0.6) is 0 Å². The average molecular weight is 338 g/mol. The number of aryl methyl sites for hydroxylation is 2. The zero-order valence-corrected chi connectivity index (χ0v) is 15.9. The van der Waals surface area contributed by atoms with E-state index in [2.05, 4.69) is 42.7 Å². The molecule has 25 heavy (non-hydrogen) atoms. The molecule has 1 amide bonds. The van der Waals surface area contributed by atoms with Gasteiger partial charge in [0.25, 0.3) is 0 Å². The second kappa shape index (κ2) is 8.70. The maximum absolute atomic E-state index is 12.7. The van der Waals surface area contributed by atoms with E-state index in [-0.39, 0.29) is 5.91 Å². The van der Waals surface area contributed by atoms with Gasteiger partial charge in [-0.1, -0.05) is 50.6 Å². The number of hydrogen-bond acceptors (Lipinski definition) is 2. The molecule has 3 nitrogen and oxygen atoms in total. The second-order valence-corrected chi connectivity index (χ2v) is 7.02. The van der Waals surface area contributed by atoms with Gasteiger partial charge in [-0.25, -0.2) is 0 Å². The smallest absolute Gasteiger partial charge is 0.249 e. The predicted molar refractivity (Wildman–Crippen MR) is 107 cm³/mol. The van der Waals surface area contributed by atoms with Crippen LogP contribution in [0.3, 0.4) is 0 Å². The van der Waals surface area contributed by atoms with Crippen LogP contribution in [-0.2, 0) is 17.6 Å². The molecule has 2 aromatic rings. The minimum atomic E-state index is -0.702. The molecule has 0 spiro atoms. The Hall–Kier alpha value is -2.29. The highest BCUT2D eigenvalue weighted by Gasteiger charge is 2.28. The number of hydrogen-bond donors (Lipinski definition) is 2. The van der Waals surface area contributed by atoms with E-state index >= 15 is 0 Å². The molecule has 0 fully saturated rings. The first-order valence-electron chi connectivity index (χ1n) is 9.22. The topological polar surface area (TPSA) is 41.1 Å². The highest BCUT2D eigenvalue weighted by Crippen LogP contribution is 2.22. The van der Waals surface area contributed by atoms with E-state index in [1.165, 1.54) is 24.0 Å². The van der Waals surface area contributed by atoms with Gasteiger partial charge in [-0.2, -0.15) is 0 Å². The van der Waals surface area contributed by atoms with Gasteiger partial charge in [0.15, 0.2) is 0 Å². The molecule has 0 aromatic heterocycles. The summed E-state index contributed by atoms with van der Waals surface area (Å²) in [5.74, 6) is -0.0419. The van der Waals surface area contributed by atoms with E-state index in [0.29, 0.717) is 0 Å². The van der Waals surface area contributed by atoms with Crippen LogP contribution in [0.15, 0.2) is 48.5 Å². The number of benzene rings is 2. The lowest BCUT2D eigenvalue weighted by atomic mass is 10.0. The Bertz CT molecular complexity index is 689. The lowest BCUT2D eigenvalue weighted by Gasteiger charge is -2.27. The SMILES string of the molecule is CCCCc1ccc(NC(=O)C(C)(C)Nc2ccccc2CC)cc1. The normalized spacial score (nSPS) is 11.2. The van der Waals surface area contributed by atoms with Gasteiger partial charge in [0.1, 0.15) is 5.54 Å². The van der Waals surface area contributed by atoms with Gasteiger partial charge >= 0.3 is 0 Å². The first-order chi connectivity index (χ1) is 12.0. The van der Waals surface area contributed by atoms with Crippen LogP contribution in [0, 0.1) is 0 Å². The van der Waals surface area contributed by atoms with Crippen molar-refractivity contribution >= 4 is 17.3 Å². The molecule has 0 unspecified atom stereocenters. The molecule has 0 aliphatic heterocycles. The Kier molecular flexibility index (Phi) is 6.63. The van der Waals surface area contributed by atoms with Gasteiger partial charge in [0.2, 0.25) is 5.91 Å². The molecular weight excluding hydrogens is 308 g/mol. The number of anilines is 2. The van der Waals surface area contributed by atoms with Crippen LogP contribution in [0.25, 0.3) is 0 Å². The minimum Gasteiger partial charge on any atom is -0.371 e. The minimum absolute atomic E-state index is 0.0419. The molecule has 0 radical (unpaired) electrons. The number of para-hydroxylation sites is 1. The summed E-state index contributed by atoms with van der Waals surface area (Å²) in [6.45, 7) is 8.13. The van der Waals surface area contributed by atoms with E-state index < -0.39 is 5.54 Å². The molecule has 0 atom stereocenters. The first-order valence-corrected chi connectivity index (χ1v) is 9.22. The van der Waals surface area contributed by atoms with Crippen LogP contribution < -0.4 is 10.6 Å². The van der Waals surface area contributed by atoms with E-state index in [1.54, 1.807) is 0 Å². The summed E-state index contributed by atoms with van der Waals surface area (Å²) in [5.41, 5.74) is 3.67. The van der Waals surface area contributed by atoms with Crippen molar-refractivity contribution in [2.24, 2.45) is 0 Å². The third kappa shape index (κ3) is 5.35. The van der Waals surface area contributed by atoms with Gasteiger partial charge < -0.3 is 10.6 Å². The molecule has 3 heteroatoms.